The van der Waals surface area contributed by atoms with E-state index in [9.17, 15) is 13.6 Å². The zero-order valence-corrected chi connectivity index (χ0v) is 16.5. The number of hydrogen-bond acceptors (Lipinski definition) is 5. The van der Waals surface area contributed by atoms with Crippen molar-refractivity contribution < 1.29 is 8.78 Å². The summed E-state index contributed by atoms with van der Waals surface area (Å²) in [4.78, 5) is 19.5. The Balaban J connectivity index is 1.57. The summed E-state index contributed by atoms with van der Waals surface area (Å²) in [5, 5.41) is 14.4. The van der Waals surface area contributed by atoms with Crippen molar-refractivity contribution in [2.24, 2.45) is 0 Å². The van der Waals surface area contributed by atoms with E-state index < -0.39 is 11.6 Å². The number of nitrogens with zero attached hydrogens (tertiary/aromatic N) is 2. The number of aromatic nitrogens is 4. The molecule has 9 heteroatoms. The predicted molar refractivity (Wildman–Crippen MR) is 115 cm³/mol. The van der Waals surface area contributed by atoms with Crippen LogP contribution in [0.2, 0.25) is 0 Å². The van der Waals surface area contributed by atoms with Crippen molar-refractivity contribution in [3.05, 3.63) is 64.5 Å². The van der Waals surface area contributed by atoms with Gasteiger partial charge < -0.3 is 10.6 Å². The quantitative estimate of drug-likeness (QED) is 0.404. The summed E-state index contributed by atoms with van der Waals surface area (Å²) < 4.78 is 28.6. The highest BCUT2D eigenvalue weighted by atomic mass is 19.1. The first-order chi connectivity index (χ1) is 15.1. The summed E-state index contributed by atoms with van der Waals surface area (Å²) in [6.45, 7) is 1.77. The second-order valence-electron chi connectivity index (χ2n) is 7.60. The number of fused-ring (bicyclic) bond motifs is 1. The van der Waals surface area contributed by atoms with Gasteiger partial charge in [0.15, 0.2) is 0 Å². The molecular weight excluding hydrogens is 402 g/mol. The van der Waals surface area contributed by atoms with Crippen LogP contribution in [0.5, 0.6) is 0 Å². The maximum absolute atomic E-state index is 14.3. The zero-order chi connectivity index (χ0) is 21.4. The molecule has 1 saturated heterocycles. The second-order valence-corrected chi connectivity index (χ2v) is 7.60. The second kappa shape index (κ2) is 7.92. The summed E-state index contributed by atoms with van der Waals surface area (Å²) in [5.41, 5.74) is 1.43. The molecule has 0 aliphatic carbocycles. The molecule has 5 rings (SSSR count). The average molecular weight is 422 g/mol. The molecule has 2 aromatic carbocycles. The van der Waals surface area contributed by atoms with Crippen LogP contribution in [0.1, 0.15) is 12.8 Å². The summed E-state index contributed by atoms with van der Waals surface area (Å²) in [7, 11) is 0. The number of anilines is 1. The summed E-state index contributed by atoms with van der Waals surface area (Å²) in [6, 6.07) is 10.3. The molecule has 0 spiro atoms. The Morgan fingerprint density at radius 2 is 1.94 bits per heavy atom. The van der Waals surface area contributed by atoms with Crippen molar-refractivity contribution in [2.45, 2.75) is 18.9 Å². The van der Waals surface area contributed by atoms with Gasteiger partial charge in [0.05, 0.1) is 11.1 Å². The first-order valence-corrected chi connectivity index (χ1v) is 10.1. The third-order valence-corrected chi connectivity index (χ3v) is 5.44. The third kappa shape index (κ3) is 3.79. The third-order valence-electron chi connectivity index (χ3n) is 5.44. The van der Waals surface area contributed by atoms with E-state index in [1.165, 1.54) is 24.3 Å². The number of piperidine rings is 1. The van der Waals surface area contributed by atoms with Crippen molar-refractivity contribution in [3.8, 4) is 22.5 Å². The van der Waals surface area contributed by atoms with Gasteiger partial charge in [-0.15, -0.1) is 0 Å². The van der Waals surface area contributed by atoms with E-state index in [1.807, 2.05) is 0 Å². The fraction of sp³-hybridized carbons (Fsp3) is 0.227. The Labute approximate surface area is 175 Å². The molecule has 7 nitrogen and oxygen atoms in total. The molecule has 0 amide bonds. The molecular formula is C22H20F2N6O. The van der Waals surface area contributed by atoms with Crippen LogP contribution in [0.15, 0.2) is 47.3 Å². The van der Waals surface area contributed by atoms with Gasteiger partial charge in [0.1, 0.15) is 23.0 Å². The van der Waals surface area contributed by atoms with Gasteiger partial charge in [-0.1, -0.05) is 12.1 Å². The molecule has 4 N–H and O–H groups in total. The van der Waals surface area contributed by atoms with E-state index in [0.717, 1.165) is 25.9 Å². The number of H-pyrrole nitrogens is 2. The molecule has 4 aromatic rings. The monoisotopic (exact) mass is 422 g/mol. The molecule has 1 aliphatic heterocycles. The SMILES string of the molecule is O=c1cc(-c2n[nH]c3ccc(-c4c(F)cccc4F)cc23)nc(N[C@@H]2CCCNC2)[nH]1. The van der Waals surface area contributed by atoms with E-state index >= 15 is 0 Å². The van der Waals surface area contributed by atoms with Gasteiger partial charge in [-0.25, -0.2) is 13.8 Å². The minimum atomic E-state index is -0.647. The van der Waals surface area contributed by atoms with Crippen LogP contribution < -0.4 is 16.2 Å². The van der Waals surface area contributed by atoms with Gasteiger partial charge in [0, 0.05) is 24.0 Å². The lowest BCUT2D eigenvalue weighted by atomic mass is 10.0. The van der Waals surface area contributed by atoms with Crippen molar-refractivity contribution >= 4 is 16.9 Å². The van der Waals surface area contributed by atoms with Gasteiger partial charge in [-0.2, -0.15) is 5.10 Å². The van der Waals surface area contributed by atoms with E-state index in [2.05, 4.69) is 30.8 Å². The Bertz CT molecular complexity index is 1290. The maximum atomic E-state index is 14.3. The smallest absolute Gasteiger partial charge is 0.252 e. The van der Waals surface area contributed by atoms with Crippen molar-refractivity contribution in [1.82, 2.24) is 25.5 Å². The molecule has 0 radical (unpaired) electrons. The Morgan fingerprint density at radius 3 is 2.71 bits per heavy atom. The lowest BCUT2D eigenvalue weighted by molar-refractivity contribution is 0.478. The number of hydrogen-bond donors (Lipinski definition) is 4. The van der Waals surface area contributed by atoms with Gasteiger partial charge in [0.2, 0.25) is 5.95 Å². The molecule has 0 saturated carbocycles. The van der Waals surface area contributed by atoms with Gasteiger partial charge in [0.25, 0.3) is 5.56 Å². The van der Waals surface area contributed by atoms with Crippen LogP contribution in [0, 0.1) is 11.6 Å². The molecule has 158 valence electrons. The van der Waals surface area contributed by atoms with Gasteiger partial charge in [-0.3, -0.25) is 14.9 Å². The zero-order valence-electron chi connectivity index (χ0n) is 16.5. The lowest BCUT2D eigenvalue weighted by Gasteiger charge is -2.24. The fourth-order valence-corrected chi connectivity index (χ4v) is 3.95. The van der Waals surface area contributed by atoms with Crippen molar-refractivity contribution in [3.63, 3.8) is 0 Å². The Hall–Kier alpha value is -3.59. The molecule has 31 heavy (non-hydrogen) atoms. The van der Waals surface area contributed by atoms with Gasteiger partial charge >= 0.3 is 0 Å². The average Bonchev–Trinajstić information content (AvgIpc) is 3.17. The van der Waals surface area contributed by atoms with E-state index in [1.54, 1.807) is 18.2 Å². The van der Waals surface area contributed by atoms with Crippen molar-refractivity contribution in [1.29, 1.82) is 0 Å². The number of benzene rings is 2. The molecule has 0 bridgehead atoms. The van der Waals surface area contributed by atoms with Crippen LogP contribution >= 0.6 is 0 Å². The van der Waals surface area contributed by atoms with E-state index in [0.29, 0.717) is 33.8 Å². The summed E-state index contributed by atoms with van der Waals surface area (Å²) in [6.07, 6.45) is 2.02. The first kappa shape index (κ1) is 19.4. The molecule has 1 aliphatic rings. The standard InChI is InChI=1S/C22H20F2N6O/c23-15-4-1-5-16(24)20(15)12-6-7-17-14(9-12)21(30-29-17)18-10-19(31)28-22(27-18)26-13-3-2-8-25-11-13/h1,4-7,9-10,13,25H,2-3,8,11H2,(H,29,30)(H2,26,27,28,31)/t13-/m1/s1. The topological polar surface area (TPSA) is 98.5 Å². The van der Waals surface area contributed by atoms with Crippen molar-refractivity contribution in [2.75, 3.05) is 18.4 Å². The highest BCUT2D eigenvalue weighted by molar-refractivity contribution is 5.95. The number of halogens is 2. The van der Waals surface area contributed by atoms with E-state index in [4.69, 9.17) is 0 Å². The number of rotatable bonds is 4. The fourth-order valence-electron chi connectivity index (χ4n) is 3.95. The van der Waals surface area contributed by atoms with Crippen LogP contribution in [0.4, 0.5) is 14.7 Å². The molecule has 0 unspecified atom stereocenters. The summed E-state index contributed by atoms with van der Waals surface area (Å²) in [5.74, 6) is -0.929. The van der Waals surface area contributed by atoms with Crippen LogP contribution in [-0.4, -0.2) is 39.3 Å². The highest BCUT2D eigenvalue weighted by Gasteiger charge is 2.18. The highest BCUT2D eigenvalue weighted by Crippen LogP contribution is 2.32. The van der Waals surface area contributed by atoms with Crippen LogP contribution in [0.25, 0.3) is 33.4 Å². The first-order valence-electron chi connectivity index (χ1n) is 10.1. The molecule has 1 fully saturated rings. The Morgan fingerprint density at radius 1 is 1.10 bits per heavy atom. The molecule has 1 atom stereocenters. The number of aromatic amines is 2. The van der Waals surface area contributed by atoms with Crippen LogP contribution in [0.3, 0.4) is 0 Å². The minimum absolute atomic E-state index is 0.109. The Kier molecular flexibility index (Phi) is 4.95. The maximum Gasteiger partial charge on any atom is 0.252 e. The lowest BCUT2D eigenvalue weighted by Crippen LogP contribution is -2.39. The largest absolute Gasteiger partial charge is 0.352 e. The number of nitrogens with one attached hydrogen (secondary N) is 4. The predicted octanol–water partition coefficient (Wildman–Crippen LogP) is 3.42. The van der Waals surface area contributed by atoms with E-state index in [-0.39, 0.29) is 17.2 Å². The normalized spacial score (nSPS) is 16.5. The molecule has 3 heterocycles. The summed E-state index contributed by atoms with van der Waals surface area (Å²) >= 11 is 0. The van der Waals surface area contributed by atoms with Gasteiger partial charge in [-0.05, 0) is 49.2 Å². The molecule has 2 aromatic heterocycles. The van der Waals surface area contributed by atoms with Crippen LogP contribution in [-0.2, 0) is 0 Å². The minimum Gasteiger partial charge on any atom is -0.352 e.